The number of aromatic nitrogens is 1. The minimum Gasteiger partial charge on any atom is -0.486 e. The molecule has 1 aromatic carbocycles. The Kier molecular flexibility index (Phi) is 2.16. The zero-order chi connectivity index (χ0) is 13.0. The van der Waals surface area contributed by atoms with Crippen molar-refractivity contribution in [2.24, 2.45) is 0 Å². The molecule has 4 nitrogen and oxygen atoms in total. The van der Waals surface area contributed by atoms with E-state index in [2.05, 4.69) is 4.98 Å². The van der Waals surface area contributed by atoms with E-state index in [1.807, 2.05) is 13.0 Å². The molecule has 0 saturated heterocycles. The highest BCUT2D eigenvalue weighted by Crippen LogP contribution is 2.41. The Bertz CT molecular complexity index is 728. The minimum atomic E-state index is 0.104. The van der Waals surface area contributed by atoms with E-state index in [9.17, 15) is 4.79 Å². The fraction of sp³-hybridized carbons (Fsp3) is 0.400. The predicted octanol–water partition coefficient (Wildman–Crippen LogP) is 2.49. The Labute approximate surface area is 110 Å². The van der Waals surface area contributed by atoms with Gasteiger partial charge in [0.15, 0.2) is 16.9 Å². The Morgan fingerprint density at radius 3 is 2.53 bits per heavy atom. The highest BCUT2D eigenvalue weighted by atomic mass is 16.6. The van der Waals surface area contributed by atoms with E-state index in [4.69, 9.17) is 9.47 Å². The van der Waals surface area contributed by atoms with E-state index in [1.165, 1.54) is 12.8 Å². The third-order valence-electron chi connectivity index (χ3n) is 3.93. The van der Waals surface area contributed by atoms with Crippen LogP contribution in [0.25, 0.3) is 10.9 Å². The molecule has 2 heterocycles. The Morgan fingerprint density at radius 1 is 1.16 bits per heavy atom. The first-order chi connectivity index (χ1) is 9.24. The molecule has 1 aliphatic carbocycles. The van der Waals surface area contributed by atoms with Gasteiger partial charge in [0, 0.05) is 22.7 Å². The summed E-state index contributed by atoms with van der Waals surface area (Å²) in [7, 11) is 0. The van der Waals surface area contributed by atoms with E-state index < -0.39 is 0 Å². The van der Waals surface area contributed by atoms with Crippen LogP contribution in [0.5, 0.6) is 11.5 Å². The Morgan fingerprint density at radius 2 is 1.84 bits per heavy atom. The molecular formula is C15H15NO3. The monoisotopic (exact) mass is 257 g/mol. The van der Waals surface area contributed by atoms with Crippen LogP contribution in [-0.4, -0.2) is 18.2 Å². The summed E-state index contributed by atoms with van der Waals surface area (Å²) < 4.78 is 11.1. The third-order valence-corrected chi connectivity index (χ3v) is 3.93. The lowest BCUT2D eigenvalue weighted by Gasteiger charge is -2.19. The maximum atomic E-state index is 12.5. The molecule has 0 radical (unpaired) electrons. The van der Waals surface area contributed by atoms with Crippen molar-refractivity contribution in [2.75, 3.05) is 13.2 Å². The van der Waals surface area contributed by atoms with Gasteiger partial charge >= 0.3 is 0 Å². The highest BCUT2D eigenvalue weighted by Gasteiger charge is 2.27. The molecule has 98 valence electrons. The Balaban J connectivity index is 2.01. The fourth-order valence-electron chi connectivity index (χ4n) is 2.72. The van der Waals surface area contributed by atoms with E-state index in [1.54, 1.807) is 6.07 Å². The largest absolute Gasteiger partial charge is 0.486 e. The summed E-state index contributed by atoms with van der Waals surface area (Å²) in [6.07, 6.45) is 2.35. The van der Waals surface area contributed by atoms with Gasteiger partial charge in [-0.3, -0.25) is 4.79 Å². The molecule has 2 aliphatic rings. The second kappa shape index (κ2) is 3.76. The molecule has 1 aromatic heterocycles. The van der Waals surface area contributed by atoms with Crippen molar-refractivity contribution in [3.63, 3.8) is 0 Å². The van der Waals surface area contributed by atoms with Crippen LogP contribution in [0.4, 0.5) is 0 Å². The number of hydrogen-bond acceptors (Lipinski definition) is 3. The summed E-state index contributed by atoms with van der Waals surface area (Å²) in [6.45, 7) is 3.00. The number of benzene rings is 1. The van der Waals surface area contributed by atoms with Crippen molar-refractivity contribution in [1.82, 2.24) is 4.98 Å². The van der Waals surface area contributed by atoms with Crippen molar-refractivity contribution in [2.45, 2.75) is 25.7 Å². The second-order valence-electron chi connectivity index (χ2n) is 5.31. The van der Waals surface area contributed by atoms with E-state index in [0.29, 0.717) is 30.3 Å². The summed E-state index contributed by atoms with van der Waals surface area (Å²) in [4.78, 5) is 15.9. The van der Waals surface area contributed by atoms with Crippen LogP contribution in [0.2, 0.25) is 0 Å². The number of aromatic amines is 1. The molecule has 0 bridgehead atoms. The van der Waals surface area contributed by atoms with E-state index in [0.717, 1.165) is 22.5 Å². The van der Waals surface area contributed by atoms with Crippen LogP contribution in [0.1, 0.15) is 30.0 Å². The predicted molar refractivity (Wildman–Crippen MR) is 72.3 cm³/mol. The number of H-pyrrole nitrogens is 1. The number of rotatable bonds is 1. The molecule has 1 N–H and O–H groups in total. The van der Waals surface area contributed by atoms with Crippen LogP contribution < -0.4 is 14.9 Å². The van der Waals surface area contributed by atoms with Crippen molar-refractivity contribution in [1.29, 1.82) is 0 Å². The normalized spacial score (nSPS) is 17.7. The van der Waals surface area contributed by atoms with Gasteiger partial charge in [-0.1, -0.05) is 0 Å². The highest BCUT2D eigenvalue weighted by molar-refractivity contribution is 5.83. The molecule has 4 heteroatoms. The van der Waals surface area contributed by atoms with Gasteiger partial charge in [-0.2, -0.15) is 0 Å². The van der Waals surface area contributed by atoms with Crippen molar-refractivity contribution < 1.29 is 9.47 Å². The second-order valence-corrected chi connectivity index (χ2v) is 5.31. The molecule has 1 aliphatic heterocycles. The van der Waals surface area contributed by atoms with Crippen molar-refractivity contribution >= 4 is 10.9 Å². The molecule has 4 rings (SSSR count). The molecule has 0 amide bonds. The molecule has 1 fully saturated rings. The van der Waals surface area contributed by atoms with Gasteiger partial charge < -0.3 is 14.5 Å². The van der Waals surface area contributed by atoms with Crippen LogP contribution in [-0.2, 0) is 0 Å². The van der Waals surface area contributed by atoms with Crippen LogP contribution >= 0.6 is 0 Å². The molecular weight excluding hydrogens is 242 g/mol. The van der Waals surface area contributed by atoms with E-state index >= 15 is 0 Å². The number of pyridine rings is 1. The molecule has 0 atom stereocenters. The number of nitrogens with one attached hydrogen (secondary N) is 1. The van der Waals surface area contributed by atoms with Crippen molar-refractivity contribution in [3.8, 4) is 11.5 Å². The number of fused-ring (bicyclic) bond motifs is 2. The first-order valence-corrected chi connectivity index (χ1v) is 6.70. The van der Waals surface area contributed by atoms with Gasteiger partial charge in [0.05, 0.1) is 5.52 Å². The zero-order valence-electron chi connectivity index (χ0n) is 10.8. The molecule has 1 saturated carbocycles. The lowest BCUT2D eigenvalue weighted by Crippen LogP contribution is -2.17. The average Bonchev–Trinajstić information content (AvgIpc) is 3.25. The summed E-state index contributed by atoms with van der Waals surface area (Å²) >= 11 is 0. The maximum absolute atomic E-state index is 12.5. The van der Waals surface area contributed by atoms with Gasteiger partial charge in [0.1, 0.15) is 13.2 Å². The van der Waals surface area contributed by atoms with Gasteiger partial charge in [0.2, 0.25) is 0 Å². The SMILES string of the molecule is Cc1c(C2CC2)[nH]c2cc3c(cc2c1=O)OCCO3. The quantitative estimate of drug-likeness (QED) is 0.854. The van der Waals surface area contributed by atoms with Crippen molar-refractivity contribution in [3.05, 3.63) is 33.6 Å². The molecule has 2 aromatic rings. The van der Waals surface area contributed by atoms with Gasteiger partial charge in [-0.25, -0.2) is 0 Å². The zero-order valence-corrected chi connectivity index (χ0v) is 10.8. The van der Waals surface area contributed by atoms with Crippen LogP contribution in [0.3, 0.4) is 0 Å². The van der Waals surface area contributed by atoms with Crippen LogP contribution in [0, 0.1) is 6.92 Å². The average molecular weight is 257 g/mol. The number of hydrogen-bond donors (Lipinski definition) is 1. The molecule has 0 spiro atoms. The maximum Gasteiger partial charge on any atom is 0.192 e. The van der Waals surface area contributed by atoms with Crippen LogP contribution in [0.15, 0.2) is 16.9 Å². The number of ether oxygens (including phenoxy) is 2. The standard InChI is InChI=1S/C15H15NO3/c1-8-14(9-2-3-9)16-11-7-13-12(18-4-5-19-13)6-10(11)15(8)17/h6-7,9H,2-5H2,1H3,(H,16,17). The third kappa shape index (κ3) is 1.63. The lowest BCUT2D eigenvalue weighted by atomic mass is 10.1. The summed E-state index contributed by atoms with van der Waals surface area (Å²) in [5.74, 6) is 1.92. The van der Waals surface area contributed by atoms with E-state index in [-0.39, 0.29) is 5.43 Å². The van der Waals surface area contributed by atoms with Gasteiger partial charge in [-0.05, 0) is 31.7 Å². The molecule has 19 heavy (non-hydrogen) atoms. The van der Waals surface area contributed by atoms with Gasteiger partial charge in [-0.15, -0.1) is 0 Å². The lowest BCUT2D eigenvalue weighted by molar-refractivity contribution is 0.172. The summed E-state index contributed by atoms with van der Waals surface area (Å²) in [5, 5.41) is 0.686. The fourth-order valence-corrected chi connectivity index (χ4v) is 2.72. The minimum absolute atomic E-state index is 0.104. The first kappa shape index (κ1) is 10.9. The topological polar surface area (TPSA) is 51.3 Å². The summed E-state index contributed by atoms with van der Waals surface area (Å²) in [5.41, 5.74) is 2.88. The summed E-state index contributed by atoms with van der Waals surface area (Å²) in [6, 6.07) is 3.68. The van der Waals surface area contributed by atoms with Gasteiger partial charge in [0.25, 0.3) is 0 Å². The molecule has 0 unspecified atom stereocenters. The first-order valence-electron chi connectivity index (χ1n) is 6.70. The smallest absolute Gasteiger partial charge is 0.192 e. The Hall–Kier alpha value is -1.97.